The molecule has 6 heavy (non-hydrogen) atoms. The van der Waals surface area contributed by atoms with Crippen LogP contribution in [0.2, 0.25) is 0 Å². The van der Waals surface area contributed by atoms with Gasteiger partial charge in [0.1, 0.15) is 0 Å². The molecule has 0 aromatic carbocycles. The summed E-state index contributed by atoms with van der Waals surface area (Å²) in [7, 11) is 1.37. The van der Waals surface area contributed by atoms with E-state index in [4.69, 9.17) is 5.11 Å². The normalized spacial score (nSPS) is 9.17. The Hall–Kier alpha value is -0.340. The van der Waals surface area contributed by atoms with Crippen LogP contribution in [0.1, 0.15) is 0 Å². The van der Waals surface area contributed by atoms with Crippen molar-refractivity contribution in [1.82, 2.24) is 0 Å². The van der Waals surface area contributed by atoms with Gasteiger partial charge < -0.3 is 9.84 Å². The number of aliphatic hydroxyl groups excluding tert-OH is 1. The molecule has 0 unspecified atom stereocenters. The highest BCUT2D eigenvalue weighted by atomic mass is 16.6. The molecule has 0 bridgehead atoms. The number of ether oxygens (including phenoxy) is 1. The molecule has 0 fully saturated rings. The lowest BCUT2D eigenvalue weighted by Crippen LogP contribution is -1.90. The number of rotatable bonds is 2. The van der Waals surface area contributed by atoms with Gasteiger partial charge in [0.25, 0.3) is 0 Å². The van der Waals surface area contributed by atoms with Crippen LogP contribution in [-0.4, -0.2) is 12.2 Å². The van der Waals surface area contributed by atoms with Gasteiger partial charge in [0.2, 0.25) is 6.29 Å². The minimum atomic E-state index is -0.144. The first kappa shape index (κ1) is 5.66. The quantitative estimate of drug-likeness (QED) is 0.536. The fraction of sp³-hybridized carbons (Fsp3) is 0.250. The summed E-state index contributed by atoms with van der Waals surface area (Å²) in [6.45, 7) is 3.22. The van der Waals surface area contributed by atoms with Crippen molar-refractivity contribution in [3.8, 4) is 0 Å². The van der Waals surface area contributed by atoms with E-state index in [1.165, 1.54) is 13.2 Å². The second-order valence-electron chi connectivity index (χ2n) is 0.746. The van der Waals surface area contributed by atoms with Gasteiger partial charge in [-0.15, -0.1) is 0 Å². The SMILES string of the molecule is C=C[C](O)OC. The first-order valence-electron chi connectivity index (χ1n) is 1.53. The largest absolute Gasteiger partial charge is 0.358 e. The molecular weight excluding hydrogens is 80.0 g/mol. The van der Waals surface area contributed by atoms with E-state index in [1.807, 2.05) is 0 Å². The molecule has 1 N–H and O–H groups in total. The van der Waals surface area contributed by atoms with Gasteiger partial charge in [0.15, 0.2) is 0 Å². The van der Waals surface area contributed by atoms with E-state index in [0.717, 1.165) is 0 Å². The first-order valence-corrected chi connectivity index (χ1v) is 1.53. The minimum Gasteiger partial charge on any atom is -0.358 e. The molecule has 0 aliphatic rings. The average Bonchev–Trinajstić information content (AvgIpc) is 1.65. The summed E-state index contributed by atoms with van der Waals surface area (Å²) < 4.78 is 4.25. The van der Waals surface area contributed by atoms with Crippen LogP contribution >= 0.6 is 0 Å². The van der Waals surface area contributed by atoms with Gasteiger partial charge in [-0.1, -0.05) is 6.58 Å². The van der Waals surface area contributed by atoms with E-state index in [0.29, 0.717) is 0 Å². The highest BCUT2D eigenvalue weighted by molar-refractivity contribution is 4.85. The van der Waals surface area contributed by atoms with Crippen LogP contribution in [0.3, 0.4) is 0 Å². The second-order valence-corrected chi connectivity index (χ2v) is 0.746. The number of methoxy groups -OCH3 is 1. The molecule has 0 rings (SSSR count). The maximum atomic E-state index is 8.24. The molecule has 0 heterocycles. The van der Waals surface area contributed by atoms with Crippen LogP contribution in [0.15, 0.2) is 12.7 Å². The molecule has 0 saturated carbocycles. The summed E-state index contributed by atoms with van der Waals surface area (Å²) in [5, 5.41) is 8.24. The predicted molar refractivity (Wildman–Crippen MR) is 22.4 cm³/mol. The molecule has 0 aromatic rings. The smallest absolute Gasteiger partial charge is 0.244 e. The fourth-order valence-corrected chi connectivity index (χ4v) is 0.0833. The van der Waals surface area contributed by atoms with Crippen molar-refractivity contribution in [1.29, 1.82) is 0 Å². The summed E-state index contributed by atoms with van der Waals surface area (Å²) in [4.78, 5) is 0. The molecule has 0 spiro atoms. The summed E-state index contributed by atoms with van der Waals surface area (Å²) in [6, 6.07) is 0. The Labute approximate surface area is 37.1 Å². The topological polar surface area (TPSA) is 29.5 Å². The summed E-state index contributed by atoms with van der Waals surface area (Å²) in [6.07, 6.45) is 1.08. The van der Waals surface area contributed by atoms with E-state index in [9.17, 15) is 0 Å². The Balaban J connectivity index is 2.96. The third kappa shape index (κ3) is 1.93. The highest BCUT2D eigenvalue weighted by Gasteiger charge is 1.89. The summed E-state index contributed by atoms with van der Waals surface area (Å²) in [5.74, 6) is 0. The van der Waals surface area contributed by atoms with Gasteiger partial charge in [-0.05, 0) is 6.08 Å². The summed E-state index contributed by atoms with van der Waals surface area (Å²) >= 11 is 0. The number of hydrogen-bond donors (Lipinski definition) is 1. The monoisotopic (exact) mass is 87.0 g/mol. The molecule has 35 valence electrons. The molecule has 0 amide bonds. The number of hydrogen-bond acceptors (Lipinski definition) is 2. The zero-order valence-electron chi connectivity index (χ0n) is 3.64. The van der Waals surface area contributed by atoms with Crippen molar-refractivity contribution in [2.45, 2.75) is 0 Å². The van der Waals surface area contributed by atoms with Gasteiger partial charge >= 0.3 is 0 Å². The van der Waals surface area contributed by atoms with Gasteiger partial charge in [-0.2, -0.15) is 0 Å². The zero-order valence-corrected chi connectivity index (χ0v) is 3.64. The maximum Gasteiger partial charge on any atom is 0.244 e. The standard InChI is InChI=1S/C4H7O2/c1-3-4(5)6-2/h3,5H,1H2,2H3. The van der Waals surface area contributed by atoms with Crippen LogP contribution in [0.5, 0.6) is 0 Å². The lowest BCUT2D eigenvalue weighted by atomic mass is 10.6. The molecular formula is C4H7O2. The minimum absolute atomic E-state index is 0.144. The summed E-state index contributed by atoms with van der Waals surface area (Å²) in [5.41, 5.74) is 0. The van der Waals surface area contributed by atoms with Gasteiger partial charge in [-0.3, -0.25) is 0 Å². The van der Waals surface area contributed by atoms with E-state index < -0.39 is 0 Å². The molecule has 0 atom stereocenters. The van der Waals surface area contributed by atoms with Gasteiger partial charge in [-0.25, -0.2) is 0 Å². The molecule has 0 saturated heterocycles. The van der Waals surface area contributed by atoms with E-state index in [-0.39, 0.29) is 6.29 Å². The Bertz CT molecular complexity index is 42.8. The van der Waals surface area contributed by atoms with E-state index in [1.54, 1.807) is 0 Å². The third-order valence-electron chi connectivity index (χ3n) is 0.384. The van der Waals surface area contributed by atoms with Crippen LogP contribution in [-0.2, 0) is 4.74 Å². The molecule has 0 aromatic heterocycles. The van der Waals surface area contributed by atoms with Crippen LogP contribution in [0, 0.1) is 6.29 Å². The fourth-order valence-electron chi connectivity index (χ4n) is 0.0833. The molecule has 0 aliphatic heterocycles. The van der Waals surface area contributed by atoms with Crippen molar-refractivity contribution in [2.75, 3.05) is 7.11 Å². The van der Waals surface area contributed by atoms with Crippen LogP contribution in [0.4, 0.5) is 0 Å². The highest BCUT2D eigenvalue weighted by Crippen LogP contribution is 1.90. The van der Waals surface area contributed by atoms with Crippen molar-refractivity contribution in [3.05, 3.63) is 18.9 Å². The Morgan fingerprint density at radius 2 is 2.50 bits per heavy atom. The molecule has 1 radical (unpaired) electrons. The zero-order chi connectivity index (χ0) is 4.99. The number of aliphatic hydroxyl groups is 1. The van der Waals surface area contributed by atoms with Crippen molar-refractivity contribution >= 4 is 0 Å². The Morgan fingerprint density at radius 1 is 2.00 bits per heavy atom. The maximum absolute atomic E-state index is 8.24. The Kier molecular flexibility index (Phi) is 2.71. The third-order valence-corrected chi connectivity index (χ3v) is 0.384. The predicted octanol–water partition coefficient (Wildman–Crippen LogP) is 0.681. The first-order chi connectivity index (χ1) is 2.81. The van der Waals surface area contributed by atoms with Crippen LogP contribution < -0.4 is 0 Å². The molecule has 2 heteroatoms. The van der Waals surface area contributed by atoms with E-state index in [2.05, 4.69) is 11.3 Å². The van der Waals surface area contributed by atoms with Gasteiger partial charge in [0, 0.05) is 7.11 Å². The van der Waals surface area contributed by atoms with Crippen molar-refractivity contribution in [3.63, 3.8) is 0 Å². The average molecular weight is 87.1 g/mol. The Morgan fingerprint density at radius 3 is 2.50 bits per heavy atom. The lowest BCUT2D eigenvalue weighted by Gasteiger charge is -1.93. The van der Waals surface area contributed by atoms with Crippen molar-refractivity contribution in [2.24, 2.45) is 0 Å². The van der Waals surface area contributed by atoms with Crippen molar-refractivity contribution < 1.29 is 9.84 Å². The van der Waals surface area contributed by atoms with Gasteiger partial charge in [0.05, 0.1) is 0 Å². The second kappa shape index (κ2) is 2.87. The molecule has 2 nitrogen and oxygen atoms in total. The van der Waals surface area contributed by atoms with E-state index >= 15 is 0 Å². The lowest BCUT2D eigenvalue weighted by molar-refractivity contribution is 0.0684. The van der Waals surface area contributed by atoms with Crippen LogP contribution in [0.25, 0.3) is 0 Å². The molecule has 0 aliphatic carbocycles.